The average Bonchev–Trinajstić information content (AvgIpc) is 3.00. The number of hydrogen-bond acceptors (Lipinski definition) is 5. The average molecular weight is 495 g/mol. The van der Waals surface area contributed by atoms with Crippen molar-refractivity contribution in [3.05, 3.63) is 63.5 Å². The predicted molar refractivity (Wildman–Crippen MR) is 119 cm³/mol. The number of nitrogens with zero attached hydrogens (tertiary/aromatic N) is 1. The second kappa shape index (κ2) is 10.0. The fraction of sp³-hybridized carbons (Fsp3) is 0.136. The number of thioether (sulfide) groups is 1. The molecule has 1 aliphatic rings. The normalized spacial score (nSPS) is 15.0. The molecule has 0 bridgehead atoms. The first-order valence-electron chi connectivity index (χ1n) is 9.17. The van der Waals surface area contributed by atoms with Gasteiger partial charge in [0, 0.05) is 5.69 Å². The Bertz CT molecular complexity index is 1190. The fourth-order valence-corrected chi connectivity index (χ4v) is 3.83. The van der Waals surface area contributed by atoms with Crippen molar-refractivity contribution in [1.29, 1.82) is 0 Å². The monoisotopic (exact) mass is 494 g/mol. The minimum atomic E-state index is -4.58. The highest BCUT2D eigenvalue weighted by Gasteiger charge is 2.36. The zero-order valence-electron chi connectivity index (χ0n) is 16.6. The highest BCUT2D eigenvalue weighted by Crippen LogP contribution is 2.34. The molecule has 0 spiro atoms. The van der Waals surface area contributed by atoms with Crippen LogP contribution in [0, 0.1) is 12.3 Å². The highest BCUT2D eigenvalue weighted by molar-refractivity contribution is 8.18. The van der Waals surface area contributed by atoms with E-state index in [0.717, 1.165) is 18.2 Å². The Morgan fingerprint density at radius 1 is 1.24 bits per heavy atom. The molecular weight excluding hydrogens is 481 g/mol. The van der Waals surface area contributed by atoms with Crippen LogP contribution in [0.3, 0.4) is 0 Å². The van der Waals surface area contributed by atoms with E-state index in [1.165, 1.54) is 18.2 Å². The SMILES string of the molecule is C#CCOc1ccc(/C=C2\SC(=O)N(CC(=O)Nc3cccc(C(F)(F)F)c3)C2=O)cc1Cl. The molecule has 1 N–H and O–H groups in total. The van der Waals surface area contributed by atoms with Crippen LogP contribution < -0.4 is 10.1 Å². The van der Waals surface area contributed by atoms with Crippen molar-refractivity contribution in [3.63, 3.8) is 0 Å². The number of benzene rings is 2. The molecule has 2 aromatic rings. The Labute approximate surface area is 195 Å². The Kier molecular flexibility index (Phi) is 7.36. The van der Waals surface area contributed by atoms with Gasteiger partial charge in [0.25, 0.3) is 11.1 Å². The smallest absolute Gasteiger partial charge is 0.416 e. The lowest BCUT2D eigenvalue weighted by Crippen LogP contribution is -2.36. The van der Waals surface area contributed by atoms with Gasteiger partial charge in [-0.2, -0.15) is 13.2 Å². The van der Waals surface area contributed by atoms with Gasteiger partial charge in [-0.1, -0.05) is 29.7 Å². The topological polar surface area (TPSA) is 75.7 Å². The van der Waals surface area contributed by atoms with Crippen LogP contribution in [0.5, 0.6) is 5.75 Å². The van der Waals surface area contributed by atoms with Crippen molar-refractivity contribution in [3.8, 4) is 18.1 Å². The summed E-state index contributed by atoms with van der Waals surface area (Å²) in [5.41, 5.74) is -0.546. The first-order valence-corrected chi connectivity index (χ1v) is 10.4. The number of carbonyl (C=O) groups is 3. The maximum atomic E-state index is 12.8. The lowest BCUT2D eigenvalue weighted by Gasteiger charge is -2.13. The van der Waals surface area contributed by atoms with Crippen molar-refractivity contribution in [1.82, 2.24) is 4.90 Å². The van der Waals surface area contributed by atoms with Gasteiger partial charge >= 0.3 is 6.18 Å². The number of imide groups is 1. The van der Waals surface area contributed by atoms with E-state index in [9.17, 15) is 27.6 Å². The third-order valence-corrected chi connectivity index (χ3v) is 5.42. The predicted octanol–water partition coefficient (Wildman–Crippen LogP) is 5.05. The van der Waals surface area contributed by atoms with Crippen molar-refractivity contribution >= 4 is 52.2 Å². The number of rotatable bonds is 6. The molecule has 3 rings (SSSR count). The van der Waals surface area contributed by atoms with Gasteiger partial charge in [0.05, 0.1) is 15.5 Å². The van der Waals surface area contributed by atoms with Crippen LogP contribution in [0.25, 0.3) is 6.08 Å². The van der Waals surface area contributed by atoms with Gasteiger partial charge < -0.3 is 10.1 Å². The molecule has 33 heavy (non-hydrogen) atoms. The first kappa shape index (κ1) is 24.2. The summed E-state index contributed by atoms with van der Waals surface area (Å²) in [6.45, 7) is -0.627. The highest BCUT2D eigenvalue weighted by atomic mass is 35.5. The summed E-state index contributed by atoms with van der Waals surface area (Å²) in [7, 11) is 0. The Morgan fingerprint density at radius 2 is 2.00 bits per heavy atom. The van der Waals surface area contributed by atoms with E-state index in [-0.39, 0.29) is 22.2 Å². The molecule has 2 aromatic carbocycles. The molecule has 0 aromatic heterocycles. The fourth-order valence-electron chi connectivity index (χ4n) is 2.75. The van der Waals surface area contributed by atoms with Crippen LogP contribution in [0.1, 0.15) is 11.1 Å². The van der Waals surface area contributed by atoms with E-state index in [1.807, 2.05) is 0 Å². The molecule has 0 saturated carbocycles. The molecule has 1 fully saturated rings. The molecule has 3 amide bonds. The standard InChI is InChI=1S/C22H14ClF3N2O4S/c1-2-8-32-17-7-6-13(9-16(17)23)10-18-20(30)28(21(31)33-18)12-19(29)27-15-5-3-4-14(11-15)22(24,25)26/h1,3-7,9-11H,8,12H2,(H,27,29)/b18-10-. The molecule has 170 valence electrons. The van der Waals surface area contributed by atoms with Gasteiger partial charge in [-0.25, -0.2) is 0 Å². The minimum Gasteiger partial charge on any atom is -0.479 e. The Morgan fingerprint density at radius 3 is 2.67 bits per heavy atom. The Balaban J connectivity index is 1.68. The largest absolute Gasteiger partial charge is 0.479 e. The molecule has 0 aliphatic carbocycles. The number of ether oxygens (including phenoxy) is 1. The molecular formula is C22H14ClF3N2O4S. The molecule has 0 unspecified atom stereocenters. The van der Waals surface area contributed by atoms with Crippen LogP contribution in [0.2, 0.25) is 5.02 Å². The van der Waals surface area contributed by atoms with Gasteiger partial charge in [0.2, 0.25) is 5.91 Å². The van der Waals surface area contributed by atoms with E-state index in [4.69, 9.17) is 22.8 Å². The summed E-state index contributed by atoms with van der Waals surface area (Å²) < 4.78 is 43.7. The van der Waals surface area contributed by atoms with Crippen LogP contribution in [-0.4, -0.2) is 35.1 Å². The summed E-state index contributed by atoms with van der Waals surface area (Å²) in [4.78, 5) is 37.8. The van der Waals surface area contributed by atoms with Crippen LogP contribution >= 0.6 is 23.4 Å². The van der Waals surface area contributed by atoms with Gasteiger partial charge in [-0.15, -0.1) is 6.42 Å². The Hall–Kier alpha value is -3.42. The van der Waals surface area contributed by atoms with Crippen molar-refractivity contribution in [2.45, 2.75) is 6.18 Å². The molecule has 1 saturated heterocycles. The van der Waals surface area contributed by atoms with Crippen LogP contribution in [-0.2, 0) is 15.8 Å². The van der Waals surface area contributed by atoms with Crippen molar-refractivity contribution in [2.75, 3.05) is 18.5 Å². The van der Waals surface area contributed by atoms with Gasteiger partial charge in [-0.3, -0.25) is 19.3 Å². The summed E-state index contributed by atoms with van der Waals surface area (Å²) in [6, 6.07) is 8.69. The number of terminal acetylenes is 1. The first-order chi connectivity index (χ1) is 15.6. The van der Waals surface area contributed by atoms with Gasteiger partial charge in [0.1, 0.15) is 18.9 Å². The van der Waals surface area contributed by atoms with E-state index in [1.54, 1.807) is 12.1 Å². The maximum Gasteiger partial charge on any atom is 0.416 e. The third kappa shape index (κ3) is 6.09. The van der Waals surface area contributed by atoms with Gasteiger partial charge in [0.15, 0.2) is 0 Å². The van der Waals surface area contributed by atoms with Crippen LogP contribution in [0.4, 0.5) is 23.7 Å². The molecule has 1 heterocycles. The minimum absolute atomic E-state index is 0.0283. The number of halogens is 4. The zero-order chi connectivity index (χ0) is 24.2. The third-order valence-electron chi connectivity index (χ3n) is 4.21. The summed E-state index contributed by atoms with van der Waals surface area (Å²) >= 11 is 6.74. The molecule has 0 atom stereocenters. The number of carbonyl (C=O) groups excluding carboxylic acids is 3. The van der Waals surface area contributed by atoms with E-state index >= 15 is 0 Å². The summed E-state index contributed by atoms with van der Waals surface area (Å²) in [5.74, 6) is 1.12. The molecule has 6 nitrogen and oxygen atoms in total. The lowest BCUT2D eigenvalue weighted by molar-refractivity contribution is -0.137. The second-order valence-corrected chi connectivity index (χ2v) is 7.98. The summed E-state index contributed by atoms with van der Waals surface area (Å²) in [5, 5.41) is 1.82. The number of anilines is 1. The van der Waals surface area contributed by atoms with Crippen LogP contribution in [0.15, 0.2) is 47.4 Å². The molecule has 0 radical (unpaired) electrons. The molecule has 1 aliphatic heterocycles. The van der Waals surface area contributed by atoms with E-state index < -0.39 is 35.3 Å². The summed E-state index contributed by atoms with van der Waals surface area (Å²) in [6.07, 6.45) is 1.98. The van der Waals surface area contributed by atoms with Crippen molar-refractivity contribution in [2.24, 2.45) is 0 Å². The van der Waals surface area contributed by atoms with Crippen molar-refractivity contribution < 1.29 is 32.3 Å². The maximum absolute atomic E-state index is 12.8. The molecule has 11 heteroatoms. The van der Waals surface area contributed by atoms with E-state index in [2.05, 4.69) is 11.2 Å². The number of alkyl halides is 3. The van der Waals surface area contributed by atoms with E-state index in [0.29, 0.717) is 28.0 Å². The second-order valence-electron chi connectivity index (χ2n) is 6.58. The van der Waals surface area contributed by atoms with Gasteiger partial charge in [-0.05, 0) is 53.7 Å². The lowest BCUT2D eigenvalue weighted by atomic mass is 10.2. The number of amides is 3. The zero-order valence-corrected chi connectivity index (χ0v) is 18.2. The number of hydrogen-bond donors (Lipinski definition) is 1. The number of nitrogens with one attached hydrogen (secondary N) is 1. The quantitative estimate of drug-likeness (QED) is 0.449.